The molecule has 0 spiro atoms. The maximum absolute atomic E-state index is 13.4. The van der Waals surface area contributed by atoms with E-state index >= 15 is 0 Å². The third-order valence-corrected chi connectivity index (χ3v) is 6.19. The lowest BCUT2D eigenvalue weighted by atomic mass is 10.1. The zero-order valence-corrected chi connectivity index (χ0v) is 19.2. The Kier molecular flexibility index (Phi) is 5.88. The van der Waals surface area contributed by atoms with Crippen LogP contribution in [-0.4, -0.2) is 25.5 Å². The van der Waals surface area contributed by atoms with Crippen LogP contribution in [0.1, 0.15) is 16.1 Å². The average molecular weight is 490 g/mol. The van der Waals surface area contributed by atoms with Gasteiger partial charge in [-0.3, -0.25) is 9.59 Å². The van der Waals surface area contributed by atoms with Gasteiger partial charge in [0.15, 0.2) is 5.69 Å². The summed E-state index contributed by atoms with van der Waals surface area (Å²) in [5.74, 6) is -0.0239. The molecule has 7 nitrogen and oxygen atoms in total. The second-order valence-electron chi connectivity index (χ2n) is 7.49. The van der Waals surface area contributed by atoms with Gasteiger partial charge in [0, 0.05) is 11.5 Å². The molecule has 0 unspecified atom stereocenters. The Balaban J connectivity index is 1.53. The van der Waals surface area contributed by atoms with Crippen molar-refractivity contribution in [2.45, 2.75) is 6.54 Å². The van der Waals surface area contributed by atoms with E-state index in [9.17, 15) is 9.59 Å². The predicted molar refractivity (Wildman–Crippen MR) is 133 cm³/mol. The number of rotatable bonds is 5. The molecule has 0 aliphatic carbocycles. The third kappa shape index (κ3) is 4.07. The number of carbonyl (C=O) groups excluding carboxylic acids is 1. The van der Waals surface area contributed by atoms with Crippen LogP contribution in [0, 0.1) is 0 Å². The minimum absolute atomic E-state index is 0.118. The number of anilines is 1. The van der Waals surface area contributed by atoms with Crippen LogP contribution in [0.15, 0.2) is 89.9 Å². The molecule has 0 radical (unpaired) electrons. The highest BCUT2D eigenvalue weighted by atomic mass is 35.5. The number of fused-ring (bicyclic) bond motifs is 1. The second-order valence-corrected chi connectivity index (χ2v) is 8.27. The van der Waals surface area contributed by atoms with Crippen LogP contribution in [0.4, 0.5) is 5.82 Å². The first-order chi connectivity index (χ1) is 16.5. The minimum atomic E-state index is -0.472. The highest BCUT2D eigenvalue weighted by Gasteiger charge is 2.19. The normalized spacial score (nSPS) is 11.0. The van der Waals surface area contributed by atoms with Gasteiger partial charge in [0.1, 0.15) is 5.82 Å². The van der Waals surface area contributed by atoms with Gasteiger partial charge in [0.05, 0.1) is 33.9 Å². The Morgan fingerprint density at radius 3 is 2.41 bits per heavy atom. The fourth-order valence-corrected chi connectivity index (χ4v) is 4.05. The molecule has 9 heteroatoms. The number of aromatic nitrogens is 4. The van der Waals surface area contributed by atoms with Gasteiger partial charge in [-0.1, -0.05) is 71.7 Å². The summed E-state index contributed by atoms with van der Waals surface area (Å²) in [7, 11) is 0. The summed E-state index contributed by atoms with van der Waals surface area (Å²) >= 11 is 12.4. The molecule has 2 aromatic heterocycles. The predicted octanol–water partition coefficient (Wildman–Crippen LogP) is 5.19. The first-order valence-electron chi connectivity index (χ1n) is 10.4. The first-order valence-corrected chi connectivity index (χ1v) is 11.1. The quantitative estimate of drug-likeness (QED) is 0.368. The van der Waals surface area contributed by atoms with Gasteiger partial charge in [0.25, 0.3) is 11.5 Å². The van der Waals surface area contributed by atoms with Crippen molar-refractivity contribution in [2.75, 3.05) is 5.32 Å². The molecule has 3 aromatic carbocycles. The number of nitrogens with one attached hydrogen (secondary N) is 1. The summed E-state index contributed by atoms with van der Waals surface area (Å²) in [6.45, 7) is 0.305. The molecule has 0 bridgehead atoms. The molecule has 1 amide bonds. The molecule has 0 aliphatic rings. The van der Waals surface area contributed by atoms with Crippen LogP contribution in [0.3, 0.4) is 0 Å². The van der Waals surface area contributed by atoms with Gasteiger partial charge in [0.2, 0.25) is 0 Å². The van der Waals surface area contributed by atoms with E-state index in [1.54, 1.807) is 77.6 Å². The number of nitrogens with zero attached hydrogens (tertiary/aromatic N) is 4. The van der Waals surface area contributed by atoms with Gasteiger partial charge < -0.3 is 5.32 Å². The van der Waals surface area contributed by atoms with Crippen molar-refractivity contribution in [2.24, 2.45) is 0 Å². The van der Waals surface area contributed by atoms with Crippen molar-refractivity contribution >= 4 is 45.7 Å². The zero-order valence-electron chi connectivity index (χ0n) is 17.7. The van der Waals surface area contributed by atoms with Gasteiger partial charge in [-0.25, -0.2) is 4.68 Å². The summed E-state index contributed by atoms with van der Waals surface area (Å²) in [6, 6.07) is 22.9. The molecule has 0 saturated carbocycles. The van der Waals surface area contributed by atoms with Crippen LogP contribution in [0.25, 0.3) is 16.5 Å². The molecule has 0 atom stereocenters. The molecule has 0 saturated heterocycles. The van der Waals surface area contributed by atoms with E-state index in [4.69, 9.17) is 23.2 Å². The van der Waals surface area contributed by atoms with E-state index in [1.807, 2.05) is 12.1 Å². The maximum atomic E-state index is 13.4. The first kappa shape index (κ1) is 21.9. The largest absolute Gasteiger partial charge is 0.305 e. The molecular weight excluding hydrogens is 473 g/mol. The van der Waals surface area contributed by atoms with E-state index in [1.165, 1.54) is 4.68 Å². The number of para-hydroxylation sites is 1. The average Bonchev–Trinajstić information content (AvgIpc) is 3.29. The number of hydrogen-bond acceptors (Lipinski definition) is 4. The number of hydrogen-bond donors (Lipinski definition) is 1. The number of amides is 1. The molecule has 0 aliphatic heterocycles. The SMILES string of the molecule is O=C(Nc1ccnn1Cc1cccc(Cl)c1Cl)c1nn(-c2ccccc2)c(=O)c2ccccc12. The van der Waals surface area contributed by atoms with E-state index in [0.717, 1.165) is 5.56 Å². The topological polar surface area (TPSA) is 81.8 Å². The molecule has 5 rings (SSSR count). The lowest BCUT2D eigenvalue weighted by Gasteiger charge is -2.13. The highest BCUT2D eigenvalue weighted by Crippen LogP contribution is 2.27. The van der Waals surface area contributed by atoms with Crippen molar-refractivity contribution in [1.29, 1.82) is 0 Å². The van der Waals surface area contributed by atoms with Gasteiger partial charge in [-0.2, -0.15) is 14.9 Å². The molecule has 2 heterocycles. The monoisotopic (exact) mass is 489 g/mol. The Hall–Kier alpha value is -3.94. The molecule has 168 valence electrons. The van der Waals surface area contributed by atoms with Crippen LogP contribution in [0.2, 0.25) is 10.0 Å². The molecule has 1 N–H and O–H groups in total. The standard InChI is InChI=1S/C25H17Cl2N5O2/c26-20-12-6-7-16(22(20)27)15-31-21(13-14-28-31)29-24(33)23-18-10-4-5-11-19(18)25(34)32(30-23)17-8-2-1-3-9-17/h1-14H,15H2,(H,29,33). The minimum Gasteiger partial charge on any atom is -0.305 e. The summed E-state index contributed by atoms with van der Waals surface area (Å²) < 4.78 is 2.84. The van der Waals surface area contributed by atoms with Gasteiger partial charge >= 0.3 is 0 Å². The summed E-state index contributed by atoms with van der Waals surface area (Å²) in [6.07, 6.45) is 1.57. The van der Waals surface area contributed by atoms with Crippen molar-refractivity contribution in [3.8, 4) is 5.69 Å². The second kappa shape index (κ2) is 9.13. The van der Waals surface area contributed by atoms with Crippen LogP contribution in [0.5, 0.6) is 0 Å². The molecule has 5 aromatic rings. The highest BCUT2D eigenvalue weighted by molar-refractivity contribution is 6.42. The van der Waals surface area contributed by atoms with E-state index in [2.05, 4.69) is 15.5 Å². The van der Waals surface area contributed by atoms with Crippen molar-refractivity contribution in [1.82, 2.24) is 19.6 Å². The lowest BCUT2D eigenvalue weighted by molar-refractivity contribution is 0.102. The van der Waals surface area contributed by atoms with E-state index < -0.39 is 5.91 Å². The van der Waals surface area contributed by atoms with Crippen molar-refractivity contribution in [3.63, 3.8) is 0 Å². The molecular formula is C25H17Cl2N5O2. The molecule has 34 heavy (non-hydrogen) atoms. The van der Waals surface area contributed by atoms with Crippen molar-refractivity contribution < 1.29 is 4.79 Å². The van der Waals surface area contributed by atoms with Crippen LogP contribution in [-0.2, 0) is 6.54 Å². The van der Waals surface area contributed by atoms with E-state index in [0.29, 0.717) is 38.9 Å². The number of carbonyl (C=O) groups is 1. The third-order valence-electron chi connectivity index (χ3n) is 5.33. The van der Waals surface area contributed by atoms with E-state index in [-0.39, 0.29) is 11.3 Å². The molecule has 0 fully saturated rings. The van der Waals surface area contributed by atoms with Crippen LogP contribution < -0.4 is 10.9 Å². The van der Waals surface area contributed by atoms with Gasteiger partial charge in [-0.15, -0.1) is 0 Å². The van der Waals surface area contributed by atoms with Gasteiger partial charge in [-0.05, 0) is 29.8 Å². The number of halogens is 2. The summed E-state index contributed by atoms with van der Waals surface area (Å²) in [5, 5.41) is 13.3. The fraction of sp³-hybridized carbons (Fsp3) is 0.0400. The number of benzene rings is 3. The zero-order chi connectivity index (χ0) is 23.7. The lowest BCUT2D eigenvalue weighted by Crippen LogP contribution is -2.27. The Morgan fingerprint density at radius 1 is 0.882 bits per heavy atom. The fourth-order valence-electron chi connectivity index (χ4n) is 3.67. The maximum Gasteiger partial charge on any atom is 0.279 e. The summed E-state index contributed by atoms with van der Waals surface area (Å²) in [5.41, 5.74) is 1.13. The Labute approximate surface area is 204 Å². The summed E-state index contributed by atoms with van der Waals surface area (Å²) in [4.78, 5) is 26.4. The Bertz CT molecular complexity index is 1580. The van der Waals surface area contributed by atoms with Crippen molar-refractivity contribution in [3.05, 3.63) is 117 Å². The smallest absolute Gasteiger partial charge is 0.279 e. The Morgan fingerprint density at radius 2 is 1.62 bits per heavy atom. The van der Waals surface area contributed by atoms with Crippen LogP contribution >= 0.6 is 23.2 Å².